The van der Waals surface area contributed by atoms with Gasteiger partial charge >= 0.3 is 0 Å². The van der Waals surface area contributed by atoms with Crippen molar-refractivity contribution in [1.29, 1.82) is 5.26 Å². The minimum atomic E-state index is -0.145. The summed E-state index contributed by atoms with van der Waals surface area (Å²) in [4.78, 5) is 12.2. The normalized spacial score (nSPS) is 12.8. The average molecular weight is 268 g/mol. The predicted octanol–water partition coefficient (Wildman–Crippen LogP) is 3.36. The van der Waals surface area contributed by atoms with Crippen LogP contribution in [-0.4, -0.2) is 5.91 Å². The van der Waals surface area contributed by atoms with Gasteiger partial charge in [-0.15, -0.1) is 11.3 Å². The minimum absolute atomic E-state index is 0.145. The zero-order chi connectivity index (χ0) is 13.2. The SMILES string of the molecule is N#Cc1ccsc1NC(=O)c1ccc2c(c1)CCC2. The first kappa shape index (κ1) is 11.9. The molecular weight excluding hydrogens is 256 g/mol. The number of nitrogens with one attached hydrogen (secondary N) is 1. The van der Waals surface area contributed by atoms with Gasteiger partial charge in [-0.1, -0.05) is 6.07 Å². The number of thiophene rings is 1. The third-order valence-corrected chi connectivity index (χ3v) is 4.20. The third kappa shape index (κ3) is 2.25. The fourth-order valence-corrected chi connectivity index (χ4v) is 3.11. The summed E-state index contributed by atoms with van der Waals surface area (Å²) in [5, 5.41) is 14.1. The highest BCUT2D eigenvalue weighted by Crippen LogP contribution is 2.25. The van der Waals surface area contributed by atoms with E-state index in [1.807, 2.05) is 18.2 Å². The number of aryl methyl sites for hydroxylation is 2. The first-order chi connectivity index (χ1) is 9.28. The van der Waals surface area contributed by atoms with Crippen molar-refractivity contribution in [2.45, 2.75) is 19.3 Å². The molecule has 3 rings (SSSR count). The number of nitriles is 1. The highest BCUT2D eigenvalue weighted by molar-refractivity contribution is 7.14. The Kier molecular flexibility index (Phi) is 3.06. The van der Waals surface area contributed by atoms with Crippen LogP contribution < -0.4 is 5.32 Å². The molecular formula is C15H12N2OS. The smallest absolute Gasteiger partial charge is 0.256 e. The van der Waals surface area contributed by atoms with Crippen molar-refractivity contribution in [1.82, 2.24) is 0 Å². The number of fused-ring (bicyclic) bond motifs is 1. The van der Waals surface area contributed by atoms with E-state index in [9.17, 15) is 4.79 Å². The predicted molar refractivity (Wildman–Crippen MR) is 75.5 cm³/mol. The van der Waals surface area contributed by atoms with Gasteiger partial charge in [0.1, 0.15) is 11.1 Å². The minimum Gasteiger partial charge on any atom is -0.312 e. The molecule has 1 aromatic heterocycles. The molecule has 0 fully saturated rings. The molecule has 0 saturated heterocycles. The molecule has 1 aromatic carbocycles. The zero-order valence-corrected chi connectivity index (χ0v) is 11.1. The van der Waals surface area contributed by atoms with Crippen molar-refractivity contribution >= 4 is 22.2 Å². The standard InChI is InChI=1S/C15H12N2OS/c16-9-13-6-7-19-15(13)17-14(18)12-5-4-10-2-1-3-11(10)8-12/h4-8H,1-3H2,(H,17,18). The van der Waals surface area contributed by atoms with Gasteiger partial charge in [0.2, 0.25) is 0 Å². The molecule has 0 bridgehead atoms. The Morgan fingerprint density at radius 2 is 2.11 bits per heavy atom. The topological polar surface area (TPSA) is 52.9 Å². The largest absolute Gasteiger partial charge is 0.312 e. The number of amides is 1. The van der Waals surface area contributed by atoms with Crippen molar-refractivity contribution in [3.8, 4) is 6.07 Å². The second-order valence-electron chi connectivity index (χ2n) is 4.57. The molecule has 0 unspecified atom stereocenters. The molecule has 1 amide bonds. The van der Waals surface area contributed by atoms with E-state index >= 15 is 0 Å². The fourth-order valence-electron chi connectivity index (χ4n) is 2.38. The zero-order valence-electron chi connectivity index (χ0n) is 10.3. The lowest BCUT2D eigenvalue weighted by Crippen LogP contribution is -2.12. The van der Waals surface area contributed by atoms with Crippen molar-refractivity contribution in [2.24, 2.45) is 0 Å². The van der Waals surface area contributed by atoms with Crippen LogP contribution in [0.1, 0.15) is 33.5 Å². The summed E-state index contributed by atoms with van der Waals surface area (Å²) in [7, 11) is 0. The highest BCUT2D eigenvalue weighted by Gasteiger charge is 2.15. The van der Waals surface area contributed by atoms with Crippen LogP contribution in [0.25, 0.3) is 0 Å². The summed E-state index contributed by atoms with van der Waals surface area (Å²) in [5.41, 5.74) is 3.81. The van der Waals surface area contributed by atoms with Crippen LogP contribution in [0.5, 0.6) is 0 Å². The molecule has 1 N–H and O–H groups in total. The summed E-state index contributed by atoms with van der Waals surface area (Å²) in [5.74, 6) is -0.145. The van der Waals surface area contributed by atoms with Crippen molar-refractivity contribution in [3.05, 3.63) is 51.9 Å². The summed E-state index contributed by atoms with van der Waals surface area (Å²) in [6.07, 6.45) is 3.34. The number of nitrogens with zero attached hydrogens (tertiary/aromatic N) is 1. The third-order valence-electron chi connectivity index (χ3n) is 3.37. The van der Waals surface area contributed by atoms with Crippen LogP contribution in [0, 0.1) is 11.3 Å². The molecule has 1 aliphatic rings. The second kappa shape index (κ2) is 4.87. The number of hydrogen-bond acceptors (Lipinski definition) is 3. The van der Waals surface area contributed by atoms with Crippen LogP contribution in [0.2, 0.25) is 0 Å². The molecule has 0 aliphatic heterocycles. The van der Waals surface area contributed by atoms with Crippen molar-refractivity contribution < 1.29 is 4.79 Å². The Morgan fingerprint density at radius 3 is 2.95 bits per heavy atom. The molecule has 4 heteroatoms. The Hall–Kier alpha value is -2.12. The lowest BCUT2D eigenvalue weighted by molar-refractivity contribution is 0.102. The molecule has 1 aliphatic carbocycles. The van der Waals surface area contributed by atoms with Gasteiger partial charge in [0.15, 0.2) is 0 Å². The van der Waals surface area contributed by atoms with Gasteiger partial charge < -0.3 is 5.32 Å². The van der Waals surface area contributed by atoms with E-state index in [1.54, 1.807) is 11.4 Å². The molecule has 1 heterocycles. The number of carbonyl (C=O) groups excluding carboxylic acids is 1. The maximum atomic E-state index is 12.2. The lowest BCUT2D eigenvalue weighted by atomic mass is 10.1. The summed E-state index contributed by atoms with van der Waals surface area (Å²) >= 11 is 1.37. The maximum absolute atomic E-state index is 12.2. The first-order valence-corrected chi connectivity index (χ1v) is 7.06. The van der Waals surface area contributed by atoms with Crippen LogP contribution in [-0.2, 0) is 12.8 Å². The Bertz CT molecular complexity index is 682. The van der Waals surface area contributed by atoms with Gasteiger partial charge in [-0.3, -0.25) is 4.79 Å². The molecule has 3 nitrogen and oxygen atoms in total. The van der Waals surface area contributed by atoms with Crippen molar-refractivity contribution in [3.63, 3.8) is 0 Å². The van der Waals surface area contributed by atoms with Gasteiger partial charge in [0.05, 0.1) is 5.56 Å². The number of benzene rings is 1. The number of rotatable bonds is 2. The average Bonchev–Trinajstić information content (AvgIpc) is 3.05. The maximum Gasteiger partial charge on any atom is 0.256 e. The van der Waals surface area contributed by atoms with Crippen LogP contribution in [0.15, 0.2) is 29.6 Å². The van der Waals surface area contributed by atoms with Crippen LogP contribution in [0.4, 0.5) is 5.00 Å². The van der Waals surface area contributed by atoms with Gasteiger partial charge in [-0.05, 0) is 54.0 Å². The molecule has 0 spiro atoms. The molecule has 0 atom stereocenters. The van der Waals surface area contributed by atoms with Crippen LogP contribution in [0.3, 0.4) is 0 Å². The Labute approximate surface area is 115 Å². The quantitative estimate of drug-likeness (QED) is 0.908. The van der Waals surface area contributed by atoms with Gasteiger partial charge in [-0.25, -0.2) is 0 Å². The number of carbonyl (C=O) groups is 1. The fraction of sp³-hybridized carbons (Fsp3) is 0.200. The molecule has 94 valence electrons. The summed E-state index contributed by atoms with van der Waals surface area (Å²) < 4.78 is 0. The Balaban J connectivity index is 1.83. The molecule has 19 heavy (non-hydrogen) atoms. The van der Waals surface area contributed by atoms with Gasteiger partial charge in [0.25, 0.3) is 5.91 Å². The van der Waals surface area contributed by atoms with E-state index in [-0.39, 0.29) is 5.91 Å². The lowest BCUT2D eigenvalue weighted by Gasteiger charge is -2.05. The van der Waals surface area contributed by atoms with E-state index in [4.69, 9.17) is 5.26 Å². The van der Waals surface area contributed by atoms with E-state index in [2.05, 4.69) is 11.4 Å². The van der Waals surface area contributed by atoms with E-state index in [0.29, 0.717) is 16.1 Å². The summed E-state index contributed by atoms with van der Waals surface area (Å²) in [6.45, 7) is 0. The molecule has 0 saturated carbocycles. The number of hydrogen-bond donors (Lipinski definition) is 1. The number of anilines is 1. The van der Waals surface area contributed by atoms with E-state index in [0.717, 1.165) is 12.8 Å². The van der Waals surface area contributed by atoms with Gasteiger partial charge in [-0.2, -0.15) is 5.26 Å². The molecule has 0 radical (unpaired) electrons. The first-order valence-electron chi connectivity index (χ1n) is 6.18. The highest BCUT2D eigenvalue weighted by atomic mass is 32.1. The van der Waals surface area contributed by atoms with E-state index < -0.39 is 0 Å². The molecule has 2 aromatic rings. The van der Waals surface area contributed by atoms with Crippen LogP contribution >= 0.6 is 11.3 Å². The van der Waals surface area contributed by atoms with Gasteiger partial charge in [0, 0.05) is 5.56 Å². The van der Waals surface area contributed by atoms with Crippen molar-refractivity contribution in [2.75, 3.05) is 5.32 Å². The second-order valence-corrected chi connectivity index (χ2v) is 5.48. The van der Waals surface area contributed by atoms with E-state index in [1.165, 1.54) is 28.9 Å². The monoisotopic (exact) mass is 268 g/mol. The summed E-state index contributed by atoms with van der Waals surface area (Å²) in [6, 6.07) is 9.65. The Morgan fingerprint density at radius 1 is 1.26 bits per heavy atom.